The molecule has 1 aliphatic rings. The molecule has 0 amide bonds. The number of rotatable bonds is 4. The third-order valence-electron chi connectivity index (χ3n) is 6.72. The Labute approximate surface area is 211 Å². The van der Waals surface area contributed by atoms with Gasteiger partial charge in [-0.2, -0.15) is 0 Å². The second-order valence-electron chi connectivity index (χ2n) is 8.91. The molecule has 172 valence electrons. The van der Waals surface area contributed by atoms with Crippen LogP contribution >= 0.6 is 23.8 Å². The van der Waals surface area contributed by atoms with Crippen molar-refractivity contribution in [2.75, 3.05) is 4.90 Å². The molecule has 1 saturated heterocycles. The van der Waals surface area contributed by atoms with Crippen LogP contribution in [-0.2, 0) is 0 Å². The largest absolute Gasteiger partial charge is 0.351 e. The summed E-state index contributed by atoms with van der Waals surface area (Å²) in [6.07, 6.45) is 1.84. The number of anilines is 1. The van der Waals surface area contributed by atoms with Crippen LogP contribution in [0, 0.1) is 27.7 Å². The topological polar surface area (TPSA) is 33.1 Å². The molecule has 0 spiro atoms. The molecular weight excluding hydrogens is 460 g/mol. The normalized spacial score (nSPS) is 17.8. The fourth-order valence-corrected chi connectivity index (χ4v) is 5.45. The highest BCUT2D eigenvalue weighted by Crippen LogP contribution is 2.44. The molecule has 0 radical (unpaired) electrons. The summed E-state index contributed by atoms with van der Waals surface area (Å²) in [7, 11) is 0. The third-order valence-corrected chi connectivity index (χ3v) is 7.27. The molecule has 2 aromatic heterocycles. The molecule has 34 heavy (non-hydrogen) atoms. The minimum Gasteiger partial charge on any atom is -0.351 e. The molecule has 0 saturated carbocycles. The maximum absolute atomic E-state index is 6.33. The monoisotopic (exact) mass is 486 g/mol. The molecule has 4 aromatic rings. The first-order valence-corrected chi connectivity index (χ1v) is 12.2. The number of hydrogen-bond acceptors (Lipinski definition) is 2. The number of benzene rings is 2. The van der Waals surface area contributed by atoms with Crippen molar-refractivity contribution >= 4 is 34.6 Å². The predicted molar refractivity (Wildman–Crippen MR) is 144 cm³/mol. The first-order chi connectivity index (χ1) is 16.3. The zero-order valence-corrected chi connectivity index (χ0v) is 21.3. The highest BCUT2D eigenvalue weighted by molar-refractivity contribution is 7.80. The van der Waals surface area contributed by atoms with Gasteiger partial charge in [0.15, 0.2) is 5.11 Å². The number of aromatic nitrogens is 2. The van der Waals surface area contributed by atoms with E-state index in [-0.39, 0.29) is 12.1 Å². The minimum atomic E-state index is -0.0800. The average molecular weight is 487 g/mol. The molecule has 1 N–H and O–H groups in total. The van der Waals surface area contributed by atoms with E-state index in [0.717, 1.165) is 33.5 Å². The Kier molecular flexibility index (Phi) is 5.92. The molecule has 0 aliphatic carbocycles. The molecular formula is C28H27ClN4S. The van der Waals surface area contributed by atoms with Gasteiger partial charge in [0.05, 0.1) is 17.8 Å². The van der Waals surface area contributed by atoms with Crippen molar-refractivity contribution in [3.8, 4) is 5.69 Å². The van der Waals surface area contributed by atoms with Crippen molar-refractivity contribution in [2.45, 2.75) is 39.8 Å². The molecule has 5 rings (SSSR count). The van der Waals surface area contributed by atoms with Gasteiger partial charge in [-0.05, 0) is 105 Å². The van der Waals surface area contributed by atoms with Crippen LogP contribution in [0.3, 0.4) is 0 Å². The van der Waals surface area contributed by atoms with E-state index in [1.165, 1.54) is 16.7 Å². The van der Waals surface area contributed by atoms with Crippen LogP contribution in [0.1, 0.15) is 45.9 Å². The van der Waals surface area contributed by atoms with Crippen molar-refractivity contribution in [2.24, 2.45) is 0 Å². The standard InChI is InChI=1S/C28H27ClN4S/c1-17-11-12-23(14-18(17)2)33-27(26(31-28(33)34)25-10-5-6-13-30-25)24-15-19(3)32(20(24)4)22-9-7-8-21(29)16-22/h5-16,26-27H,1-4H3,(H,31,34)/t26-,27-/m0/s1. The first kappa shape index (κ1) is 22.6. The van der Waals surface area contributed by atoms with E-state index in [2.05, 4.69) is 83.9 Å². The molecule has 6 heteroatoms. The van der Waals surface area contributed by atoms with Crippen LogP contribution < -0.4 is 10.2 Å². The highest BCUT2D eigenvalue weighted by atomic mass is 35.5. The fourth-order valence-electron chi connectivity index (χ4n) is 4.92. The van der Waals surface area contributed by atoms with Crippen molar-refractivity contribution in [1.29, 1.82) is 0 Å². The lowest BCUT2D eigenvalue weighted by Gasteiger charge is -2.28. The van der Waals surface area contributed by atoms with Crippen molar-refractivity contribution in [1.82, 2.24) is 14.9 Å². The summed E-state index contributed by atoms with van der Waals surface area (Å²) in [4.78, 5) is 6.93. The van der Waals surface area contributed by atoms with E-state index in [9.17, 15) is 0 Å². The van der Waals surface area contributed by atoms with Gasteiger partial charge in [0.25, 0.3) is 0 Å². The first-order valence-electron chi connectivity index (χ1n) is 11.4. The second kappa shape index (κ2) is 8.90. The maximum Gasteiger partial charge on any atom is 0.174 e. The molecule has 1 aliphatic heterocycles. The summed E-state index contributed by atoms with van der Waals surface area (Å²) in [6.45, 7) is 8.57. The van der Waals surface area contributed by atoms with Gasteiger partial charge in [-0.1, -0.05) is 29.8 Å². The molecule has 4 nitrogen and oxygen atoms in total. The van der Waals surface area contributed by atoms with Crippen molar-refractivity contribution < 1.29 is 0 Å². The summed E-state index contributed by atoms with van der Waals surface area (Å²) in [5, 5.41) is 5.00. The lowest BCUT2D eigenvalue weighted by atomic mass is 9.96. The summed E-state index contributed by atoms with van der Waals surface area (Å²) < 4.78 is 2.26. The third kappa shape index (κ3) is 3.89. The molecule has 2 atom stereocenters. The van der Waals surface area contributed by atoms with Crippen LogP contribution in [0.25, 0.3) is 5.69 Å². The van der Waals surface area contributed by atoms with Gasteiger partial charge < -0.3 is 14.8 Å². The maximum atomic E-state index is 6.33. The van der Waals surface area contributed by atoms with Crippen molar-refractivity contribution in [3.63, 3.8) is 0 Å². The quantitative estimate of drug-likeness (QED) is 0.317. The van der Waals surface area contributed by atoms with Gasteiger partial charge in [0.1, 0.15) is 0 Å². The van der Waals surface area contributed by atoms with E-state index in [4.69, 9.17) is 23.8 Å². The van der Waals surface area contributed by atoms with Gasteiger partial charge in [-0.3, -0.25) is 4.98 Å². The number of thiocarbonyl (C=S) groups is 1. The molecule has 0 bridgehead atoms. The van der Waals surface area contributed by atoms with E-state index in [1.807, 2.05) is 36.5 Å². The van der Waals surface area contributed by atoms with E-state index < -0.39 is 0 Å². The van der Waals surface area contributed by atoms with Crippen LogP contribution in [0.5, 0.6) is 0 Å². The molecule has 3 heterocycles. The Morgan fingerprint density at radius 3 is 2.41 bits per heavy atom. The van der Waals surface area contributed by atoms with Gasteiger partial charge in [-0.25, -0.2) is 0 Å². The van der Waals surface area contributed by atoms with E-state index >= 15 is 0 Å². The number of nitrogens with zero attached hydrogens (tertiary/aromatic N) is 3. The lowest BCUT2D eigenvalue weighted by Crippen LogP contribution is -2.29. The van der Waals surface area contributed by atoms with Gasteiger partial charge in [0, 0.05) is 34.0 Å². The Hall–Kier alpha value is -3.15. The predicted octanol–water partition coefficient (Wildman–Crippen LogP) is 6.94. The summed E-state index contributed by atoms with van der Waals surface area (Å²) >= 11 is 12.2. The minimum absolute atomic E-state index is 0.0522. The van der Waals surface area contributed by atoms with E-state index in [0.29, 0.717) is 5.11 Å². The van der Waals surface area contributed by atoms with Gasteiger partial charge in [0.2, 0.25) is 0 Å². The van der Waals surface area contributed by atoms with Crippen LogP contribution in [0.15, 0.2) is 72.9 Å². The highest BCUT2D eigenvalue weighted by Gasteiger charge is 2.42. The Morgan fingerprint density at radius 1 is 0.882 bits per heavy atom. The van der Waals surface area contributed by atoms with Gasteiger partial charge in [-0.15, -0.1) is 0 Å². The van der Waals surface area contributed by atoms with Crippen LogP contribution in [0.4, 0.5) is 5.69 Å². The Bertz CT molecular complexity index is 1380. The average Bonchev–Trinajstić information content (AvgIpc) is 3.31. The van der Waals surface area contributed by atoms with Crippen molar-refractivity contribution in [3.05, 3.63) is 112 Å². The summed E-state index contributed by atoms with van der Waals surface area (Å²) in [5.41, 5.74) is 9.11. The van der Waals surface area contributed by atoms with Crippen LogP contribution in [-0.4, -0.2) is 14.7 Å². The van der Waals surface area contributed by atoms with Gasteiger partial charge >= 0.3 is 0 Å². The number of pyridine rings is 1. The number of aryl methyl sites for hydroxylation is 3. The summed E-state index contributed by atoms with van der Waals surface area (Å²) in [5.74, 6) is 0. The number of halogens is 1. The number of hydrogen-bond donors (Lipinski definition) is 1. The Balaban J connectivity index is 1.69. The van der Waals surface area contributed by atoms with E-state index in [1.54, 1.807) is 0 Å². The molecule has 2 aromatic carbocycles. The SMILES string of the molecule is Cc1ccc(N2C(=S)N[C@@H](c3ccccn3)[C@@H]2c2cc(C)n(-c3cccc(Cl)c3)c2C)cc1C. The zero-order chi connectivity index (χ0) is 24.0. The van der Waals surface area contributed by atoms with Crippen LogP contribution in [0.2, 0.25) is 5.02 Å². The Morgan fingerprint density at radius 2 is 1.71 bits per heavy atom. The second-order valence-corrected chi connectivity index (χ2v) is 9.73. The number of nitrogens with one attached hydrogen (secondary N) is 1. The molecule has 1 fully saturated rings. The zero-order valence-electron chi connectivity index (χ0n) is 19.7. The molecule has 0 unspecified atom stereocenters. The summed E-state index contributed by atoms with van der Waals surface area (Å²) in [6, 6.07) is 22.7. The lowest BCUT2D eigenvalue weighted by molar-refractivity contribution is 0.565. The fraction of sp³-hybridized carbons (Fsp3) is 0.214. The smallest absolute Gasteiger partial charge is 0.174 e.